The third-order valence-corrected chi connectivity index (χ3v) is 6.63. The highest BCUT2D eigenvalue weighted by Gasteiger charge is 2.09. The van der Waals surface area contributed by atoms with Crippen LogP contribution in [0.25, 0.3) is 11.1 Å². The molecule has 0 heterocycles. The number of ether oxygens (including phenoxy) is 2. The summed E-state index contributed by atoms with van der Waals surface area (Å²) in [4.78, 5) is 12.1. The predicted molar refractivity (Wildman–Crippen MR) is 143 cm³/mol. The first-order valence-corrected chi connectivity index (χ1v) is 13.8. The van der Waals surface area contributed by atoms with Crippen LogP contribution in [0.4, 0.5) is 4.39 Å². The lowest BCUT2D eigenvalue weighted by Gasteiger charge is -2.11. The number of rotatable bonds is 18. The topological polar surface area (TPSA) is 35.5 Å². The summed E-state index contributed by atoms with van der Waals surface area (Å²) in [7, 11) is 0. The number of unbranched alkanes of at least 4 members (excludes halogenated alkanes) is 8. The Hall–Kier alpha value is -2.36. The maximum Gasteiger partial charge on any atom is 0.311 e. The van der Waals surface area contributed by atoms with E-state index in [0.717, 1.165) is 43.2 Å². The molecule has 1 atom stereocenters. The molecule has 3 nitrogen and oxygen atoms in total. The van der Waals surface area contributed by atoms with Crippen LogP contribution in [0.2, 0.25) is 0 Å². The van der Waals surface area contributed by atoms with Gasteiger partial charge in [0.1, 0.15) is 5.75 Å². The molecule has 0 aromatic heterocycles. The van der Waals surface area contributed by atoms with E-state index in [1.807, 2.05) is 18.2 Å². The van der Waals surface area contributed by atoms with Crippen LogP contribution in [-0.2, 0) is 4.79 Å². The van der Waals surface area contributed by atoms with Crippen LogP contribution < -0.4 is 9.47 Å². The molecular formula is C31H45FO3. The minimum Gasteiger partial charge on any atom is -0.491 e. The fourth-order valence-corrected chi connectivity index (χ4v) is 4.09. The molecule has 0 aliphatic heterocycles. The second-order valence-electron chi connectivity index (χ2n) is 9.73. The summed E-state index contributed by atoms with van der Waals surface area (Å²) in [6.45, 7) is 7.16. The third kappa shape index (κ3) is 11.7. The minimum atomic E-state index is -0.359. The molecule has 194 valence electrons. The Morgan fingerprint density at radius 3 is 2.09 bits per heavy atom. The van der Waals surface area contributed by atoms with E-state index in [-0.39, 0.29) is 11.8 Å². The Balaban J connectivity index is 1.70. The maximum absolute atomic E-state index is 14.5. The average Bonchev–Trinajstić information content (AvgIpc) is 2.86. The Kier molecular flexibility index (Phi) is 14.1. The summed E-state index contributed by atoms with van der Waals surface area (Å²) < 4.78 is 25.6. The summed E-state index contributed by atoms with van der Waals surface area (Å²) in [5.74, 6) is 0.934. The first-order valence-electron chi connectivity index (χ1n) is 13.8. The fourth-order valence-electron chi connectivity index (χ4n) is 4.09. The molecule has 0 saturated carbocycles. The minimum absolute atomic E-state index is 0.193. The number of esters is 1. The van der Waals surface area contributed by atoms with E-state index < -0.39 is 0 Å². The highest BCUT2D eigenvalue weighted by Crippen LogP contribution is 2.27. The molecule has 0 radical (unpaired) electrons. The molecule has 2 aromatic carbocycles. The molecule has 0 amide bonds. The summed E-state index contributed by atoms with van der Waals surface area (Å²) in [5.41, 5.74) is 1.63. The Labute approximate surface area is 212 Å². The van der Waals surface area contributed by atoms with Gasteiger partial charge in [-0.05, 0) is 60.6 Å². The quantitative estimate of drug-likeness (QED) is 0.120. The third-order valence-electron chi connectivity index (χ3n) is 6.63. The van der Waals surface area contributed by atoms with Gasteiger partial charge >= 0.3 is 5.97 Å². The highest BCUT2D eigenvalue weighted by atomic mass is 19.1. The van der Waals surface area contributed by atoms with Gasteiger partial charge in [-0.3, -0.25) is 4.79 Å². The van der Waals surface area contributed by atoms with Crippen LogP contribution in [0.15, 0.2) is 42.5 Å². The van der Waals surface area contributed by atoms with Crippen molar-refractivity contribution in [3.05, 3.63) is 48.3 Å². The van der Waals surface area contributed by atoms with Gasteiger partial charge in [-0.25, -0.2) is 4.39 Å². The molecule has 0 bridgehead atoms. The largest absolute Gasteiger partial charge is 0.491 e. The van der Waals surface area contributed by atoms with Gasteiger partial charge in [-0.1, -0.05) is 96.8 Å². The number of halogens is 1. The summed E-state index contributed by atoms with van der Waals surface area (Å²) >= 11 is 0. The lowest BCUT2D eigenvalue weighted by molar-refractivity contribution is -0.134. The van der Waals surface area contributed by atoms with Crippen LogP contribution in [-0.4, -0.2) is 12.6 Å². The molecule has 0 saturated heterocycles. The standard InChI is InChI=1S/C31H45FO3/c1-4-6-7-8-9-10-11-12-13-16-31(33)35-28-20-17-26(18-21-28)27-19-22-30(29(32)24-27)34-23-14-15-25(3)5-2/h17-22,24-25H,4-16,23H2,1-3H3/t25-/m0/s1. The zero-order valence-electron chi connectivity index (χ0n) is 22.1. The molecule has 2 aromatic rings. The van der Waals surface area contributed by atoms with Crippen LogP contribution in [0, 0.1) is 11.7 Å². The van der Waals surface area contributed by atoms with E-state index in [9.17, 15) is 9.18 Å². The van der Waals surface area contributed by atoms with E-state index >= 15 is 0 Å². The molecule has 0 spiro atoms. The second-order valence-corrected chi connectivity index (χ2v) is 9.73. The van der Waals surface area contributed by atoms with E-state index in [1.54, 1.807) is 18.2 Å². The molecule has 4 heteroatoms. The van der Waals surface area contributed by atoms with Crippen molar-refractivity contribution in [2.24, 2.45) is 5.92 Å². The van der Waals surface area contributed by atoms with Gasteiger partial charge in [-0.15, -0.1) is 0 Å². The van der Waals surface area contributed by atoms with Crippen molar-refractivity contribution < 1.29 is 18.7 Å². The van der Waals surface area contributed by atoms with Gasteiger partial charge in [0.15, 0.2) is 11.6 Å². The normalized spacial score (nSPS) is 11.9. The number of carbonyl (C=O) groups excluding carboxylic acids is 1. The lowest BCUT2D eigenvalue weighted by atomic mass is 10.0. The maximum atomic E-state index is 14.5. The molecular weight excluding hydrogens is 439 g/mol. The van der Waals surface area contributed by atoms with Crippen molar-refractivity contribution in [2.45, 2.75) is 104 Å². The van der Waals surface area contributed by atoms with Crippen molar-refractivity contribution in [3.8, 4) is 22.6 Å². The Morgan fingerprint density at radius 2 is 1.46 bits per heavy atom. The van der Waals surface area contributed by atoms with E-state index in [1.165, 1.54) is 51.0 Å². The zero-order valence-corrected chi connectivity index (χ0v) is 22.1. The monoisotopic (exact) mass is 484 g/mol. The average molecular weight is 485 g/mol. The molecule has 0 aliphatic rings. The first kappa shape index (κ1) is 28.9. The summed E-state index contributed by atoms with van der Waals surface area (Å²) in [5, 5.41) is 0. The van der Waals surface area contributed by atoms with Crippen LogP contribution >= 0.6 is 0 Å². The van der Waals surface area contributed by atoms with E-state index in [2.05, 4.69) is 20.8 Å². The number of hydrogen-bond acceptors (Lipinski definition) is 3. The Bertz CT molecular complexity index is 847. The van der Waals surface area contributed by atoms with Gasteiger partial charge < -0.3 is 9.47 Å². The van der Waals surface area contributed by atoms with Crippen molar-refractivity contribution >= 4 is 5.97 Å². The molecule has 0 fully saturated rings. The highest BCUT2D eigenvalue weighted by molar-refractivity contribution is 5.73. The summed E-state index contributed by atoms with van der Waals surface area (Å²) in [6, 6.07) is 12.3. The number of hydrogen-bond donors (Lipinski definition) is 0. The van der Waals surface area contributed by atoms with Gasteiger partial charge in [0.25, 0.3) is 0 Å². The predicted octanol–water partition coefficient (Wildman–Crippen LogP) is 9.52. The van der Waals surface area contributed by atoms with Crippen molar-refractivity contribution in [2.75, 3.05) is 6.61 Å². The van der Waals surface area contributed by atoms with Crippen LogP contribution in [0.1, 0.15) is 104 Å². The Morgan fingerprint density at radius 1 is 0.829 bits per heavy atom. The van der Waals surface area contributed by atoms with Gasteiger partial charge in [0.05, 0.1) is 6.61 Å². The van der Waals surface area contributed by atoms with E-state index in [4.69, 9.17) is 9.47 Å². The van der Waals surface area contributed by atoms with E-state index in [0.29, 0.717) is 30.4 Å². The van der Waals surface area contributed by atoms with Crippen molar-refractivity contribution in [3.63, 3.8) is 0 Å². The number of carbonyl (C=O) groups is 1. The molecule has 0 unspecified atom stereocenters. The lowest BCUT2D eigenvalue weighted by Crippen LogP contribution is -2.07. The van der Waals surface area contributed by atoms with Crippen LogP contribution in [0.5, 0.6) is 11.5 Å². The SMILES string of the molecule is CCCCCCCCCCCC(=O)Oc1ccc(-c2ccc(OCCC[C@@H](C)CC)c(F)c2)cc1. The van der Waals surface area contributed by atoms with Gasteiger partial charge in [0.2, 0.25) is 0 Å². The fraction of sp³-hybridized carbons (Fsp3) is 0.581. The summed E-state index contributed by atoms with van der Waals surface area (Å²) in [6.07, 6.45) is 14.6. The van der Waals surface area contributed by atoms with Gasteiger partial charge in [0, 0.05) is 6.42 Å². The molecule has 0 aliphatic carbocycles. The van der Waals surface area contributed by atoms with Crippen molar-refractivity contribution in [1.82, 2.24) is 0 Å². The molecule has 0 N–H and O–H groups in total. The smallest absolute Gasteiger partial charge is 0.311 e. The number of benzene rings is 2. The molecule has 2 rings (SSSR count). The molecule has 35 heavy (non-hydrogen) atoms. The van der Waals surface area contributed by atoms with Gasteiger partial charge in [-0.2, -0.15) is 0 Å². The first-order chi connectivity index (χ1) is 17.0. The zero-order chi connectivity index (χ0) is 25.3. The van der Waals surface area contributed by atoms with Crippen molar-refractivity contribution in [1.29, 1.82) is 0 Å². The second kappa shape index (κ2) is 17.1. The van der Waals surface area contributed by atoms with Crippen LogP contribution in [0.3, 0.4) is 0 Å².